The molecule has 3 heterocycles. The molecule has 4 aromatic rings. The molecule has 9 heteroatoms. The predicted octanol–water partition coefficient (Wildman–Crippen LogP) is 4.31. The van der Waals surface area contributed by atoms with Gasteiger partial charge in [-0.15, -0.1) is 11.3 Å². The number of thiophene rings is 1. The first kappa shape index (κ1) is 25.4. The Morgan fingerprint density at radius 2 is 1.92 bits per heavy atom. The van der Waals surface area contributed by atoms with Crippen LogP contribution in [0.15, 0.2) is 87.1 Å². The lowest BCUT2D eigenvalue weighted by atomic mass is 10.0. The Kier molecular flexibility index (Phi) is 7.36. The van der Waals surface area contributed by atoms with Gasteiger partial charge in [0.25, 0.3) is 5.56 Å². The van der Waals surface area contributed by atoms with Crippen LogP contribution in [-0.2, 0) is 16.1 Å². The molecule has 1 aliphatic heterocycles. The number of rotatable bonds is 7. The fourth-order valence-corrected chi connectivity index (χ4v) is 6.03. The highest BCUT2D eigenvalue weighted by Gasteiger charge is 2.33. The second kappa shape index (κ2) is 11.0. The van der Waals surface area contributed by atoms with Gasteiger partial charge in [0.05, 0.1) is 34.0 Å². The first-order chi connectivity index (χ1) is 18.5. The van der Waals surface area contributed by atoms with Crippen LogP contribution >= 0.6 is 22.7 Å². The normalized spacial score (nSPS) is 15.0. The van der Waals surface area contributed by atoms with E-state index < -0.39 is 12.0 Å². The van der Waals surface area contributed by atoms with E-state index in [1.54, 1.807) is 30.5 Å². The summed E-state index contributed by atoms with van der Waals surface area (Å²) in [4.78, 5) is 32.5. The molecule has 0 spiro atoms. The maximum Gasteiger partial charge on any atom is 0.338 e. The van der Waals surface area contributed by atoms with Crippen molar-refractivity contribution in [2.75, 3.05) is 6.61 Å². The minimum Gasteiger partial charge on any atom is -0.489 e. The van der Waals surface area contributed by atoms with Crippen molar-refractivity contribution in [3.8, 4) is 11.8 Å². The van der Waals surface area contributed by atoms with Gasteiger partial charge in [0.1, 0.15) is 18.4 Å². The summed E-state index contributed by atoms with van der Waals surface area (Å²) in [7, 11) is 0. The number of hydrogen-bond acceptors (Lipinski definition) is 8. The summed E-state index contributed by atoms with van der Waals surface area (Å²) in [6.07, 6.45) is 1.82. The number of hydrogen-bond donors (Lipinski definition) is 0. The summed E-state index contributed by atoms with van der Waals surface area (Å²) < 4.78 is 13.3. The Balaban J connectivity index is 1.44. The first-order valence-corrected chi connectivity index (χ1v) is 13.6. The SMILES string of the molecule is CCOC(=O)C1=C(C)N=c2s/c(=C\c3ccc(OCc4ccc(C#N)cc4)cc3)c(=O)n2[C@@H]1c1cccs1. The third-order valence-electron chi connectivity index (χ3n) is 6.00. The van der Waals surface area contributed by atoms with Gasteiger partial charge < -0.3 is 9.47 Å². The lowest BCUT2D eigenvalue weighted by Crippen LogP contribution is -2.39. The van der Waals surface area contributed by atoms with Crippen molar-refractivity contribution in [3.63, 3.8) is 0 Å². The predicted molar refractivity (Wildman–Crippen MR) is 147 cm³/mol. The third-order valence-corrected chi connectivity index (χ3v) is 7.90. The van der Waals surface area contributed by atoms with Crippen LogP contribution in [0.4, 0.5) is 0 Å². The molecule has 1 aliphatic rings. The van der Waals surface area contributed by atoms with Crippen LogP contribution < -0.4 is 19.6 Å². The lowest BCUT2D eigenvalue weighted by Gasteiger charge is -2.23. The summed E-state index contributed by atoms with van der Waals surface area (Å²) in [6, 6.07) is 20.1. The Hall–Kier alpha value is -4.26. The summed E-state index contributed by atoms with van der Waals surface area (Å²) >= 11 is 2.78. The van der Waals surface area contributed by atoms with E-state index in [9.17, 15) is 9.59 Å². The van der Waals surface area contributed by atoms with Gasteiger partial charge in [0.2, 0.25) is 0 Å². The number of carbonyl (C=O) groups is 1. The molecule has 190 valence electrons. The van der Waals surface area contributed by atoms with Crippen molar-refractivity contribution in [2.24, 2.45) is 4.99 Å². The van der Waals surface area contributed by atoms with E-state index in [4.69, 9.17) is 14.7 Å². The van der Waals surface area contributed by atoms with E-state index in [1.807, 2.05) is 60.0 Å². The summed E-state index contributed by atoms with van der Waals surface area (Å²) in [5.74, 6) is 0.235. The number of esters is 1. The molecule has 2 aromatic heterocycles. The highest BCUT2D eigenvalue weighted by molar-refractivity contribution is 7.10. The van der Waals surface area contributed by atoms with Crippen LogP contribution in [0.1, 0.15) is 41.5 Å². The van der Waals surface area contributed by atoms with E-state index in [0.717, 1.165) is 16.0 Å². The van der Waals surface area contributed by atoms with Crippen LogP contribution in [0, 0.1) is 11.3 Å². The van der Waals surface area contributed by atoms with E-state index in [2.05, 4.69) is 11.1 Å². The van der Waals surface area contributed by atoms with Crippen LogP contribution in [0.25, 0.3) is 6.08 Å². The molecular formula is C29H23N3O4S2. The maximum atomic E-state index is 13.6. The second-order valence-electron chi connectivity index (χ2n) is 8.48. The third kappa shape index (κ3) is 5.09. The van der Waals surface area contributed by atoms with Gasteiger partial charge in [-0.05, 0) is 66.8 Å². The van der Waals surface area contributed by atoms with Crippen molar-refractivity contribution in [1.82, 2.24) is 4.57 Å². The zero-order valence-electron chi connectivity index (χ0n) is 20.7. The van der Waals surface area contributed by atoms with Gasteiger partial charge in [-0.3, -0.25) is 9.36 Å². The van der Waals surface area contributed by atoms with Gasteiger partial charge in [-0.25, -0.2) is 9.79 Å². The minimum absolute atomic E-state index is 0.206. The standard InChI is InChI=1S/C29H23N3O4S2/c1-3-35-28(34)25-18(2)31-29-32(26(25)23-5-4-14-37-23)27(33)24(38-29)15-19-10-12-22(13-11-19)36-17-21-8-6-20(16-30)7-9-21/h4-15,26H,3,17H2,1-2H3/b24-15-/t26-/m1/s1. The number of aromatic nitrogens is 1. The van der Waals surface area contributed by atoms with Gasteiger partial charge in [-0.2, -0.15) is 5.26 Å². The summed E-state index contributed by atoms with van der Waals surface area (Å²) in [6.45, 7) is 4.16. The van der Waals surface area contributed by atoms with E-state index in [-0.39, 0.29) is 12.2 Å². The Bertz CT molecular complexity index is 1720. The quantitative estimate of drug-likeness (QED) is 0.325. The molecule has 0 saturated heterocycles. The number of fused-ring (bicyclic) bond motifs is 1. The van der Waals surface area contributed by atoms with Crippen molar-refractivity contribution < 1.29 is 14.3 Å². The molecule has 5 rings (SSSR count). The molecule has 0 fully saturated rings. The smallest absolute Gasteiger partial charge is 0.338 e. The van der Waals surface area contributed by atoms with E-state index in [0.29, 0.717) is 38.5 Å². The van der Waals surface area contributed by atoms with Crippen LogP contribution in [0.5, 0.6) is 5.75 Å². The first-order valence-electron chi connectivity index (χ1n) is 11.9. The minimum atomic E-state index is -0.578. The Labute approximate surface area is 226 Å². The van der Waals surface area contributed by atoms with Crippen LogP contribution in [-0.4, -0.2) is 17.1 Å². The number of allylic oxidation sites excluding steroid dienone is 1. The van der Waals surface area contributed by atoms with Gasteiger partial charge >= 0.3 is 5.97 Å². The molecule has 0 radical (unpaired) electrons. The monoisotopic (exact) mass is 541 g/mol. The van der Waals surface area contributed by atoms with Crippen LogP contribution in [0.2, 0.25) is 0 Å². The van der Waals surface area contributed by atoms with Crippen molar-refractivity contribution >= 4 is 34.7 Å². The molecule has 0 amide bonds. The number of ether oxygens (including phenoxy) is 2. The average Bonchev–Trinajstić information content (AvgIpc) is 3.56. The number of nitrogens with zero attached hydrogens (tertiary/aromatic N) is 3. The highest BCUT2D eigenvalue weighted by atomic mass is 32.1. The van der Waals surface area contributed by atoms with Crippen molar-refractivity contribution in [3.05, 3.63) is 119 Å². The zero-order valence-corrected chi connectivity index (χ0v) is 22.3. The fraction of sp³-hybridized carbons (Fsp3) is 0.172. The molecule has 1 atom stereocenters. The Morgan fingerprint density at radius 1 is 1.16 bits per heavy atom. The molecule has 7 nitrogen and oxygen atoms in total. The van der Waals surface area contributed by atoms with Crippen LogP contribution in [0.3, 0.4) is 0 Å². The number of benzene rings is 2. The fourth-order valence-electron chi connectivity index (χ4n) is 4.16. The summed E-state index contributed by atoms with van der Waals surface area (Å²) in [5, 5.41) is 10.8. The Morgan fingerprint density at radius 3 is 2.58 bits per heavy atom. The molecule has 2 aromatic carbocycles. The topological polar surface area (TPSA) is 93.7 Å². The van der Waals surface area contributed by atoms with Gasteiger partial charge in [0.15, 0.2) is 4.80 Å². The molecule has 0 N–H and O–H groups in total. The molecule has 0 bridgehead atoms. The van der Waals surface area contributed by atoms with Crippen molar-refractivity contribution in [2.45, 2.75) is 26.5 Å². The van der Waals surface area contributed by atoms with Crippen molar-refractivity contribution in [1.29, 1.82) is 5.26 Å². The van der Waals surface area contributed by atoms with E-state index in [1.165, 1.54) is 22.7 Å². The largest absolute Gasteiger partial charge is 0.489 e. The van der Waals surface area contributed by atoms with Gasteiger partial charge in [0, 0.05) is 4.88 Å². The molecule has 0 saturated carbocycles. The van der Waals surface area contributed by atoms with Gasteiger partial charge in [-0.1, -0.05) is 41.7 Å². The van der Waals surface area contributed by atoms with E-state index >= 15 is 0 Å². The zero-order chi connectivity index (χ0) is 26.6. The summed E-state index contributed by atoms with van der Waals surface area (Å²) in [5.41, 5.74) is 3.15. The molecule has 0 aliphatic carbocycles. The number of carbonyl (C=O) groups excluding carboxylic acids is 1. The number of thiazole rings is 1. The molecule has 0 unspecified atom stereocenters. The maximum absolute atomic E-state index is 13.6. The molecular weight excluding hydrogens is 518 g/mol. The number of nitriles is 1. The second-order valence-corrected chi connectivity index (χ2v) is 10.5. The molecule has 38 heavy (non-hydrogen) atoms. The lowest BCUT2D eigenvalue weighted by molar-refractivity contribution is -0.139. The highest BCUT2D eigenvalue weighted by Crippen LogP contribution is 2.33. The average molecular weight is 542 g/mol.